The van der Waals surface area contributed by atoms with Gasteiger partial charge in [0.2, 0.25) is 0 Å². The van der Waals surface area contributed by atoms with Crippen LogP contribution in [0.15, 0.2) is 76.6 Å². The summed E-state index contributed by atoms with van der Waals surface area (Å²) in [4.78, 5) is 4.58. The molecule has 0 fully saturated rings. The van der Waals surface area contributed by atoms with E-state index in [2.05, 4.69) is 86.2 Å². The molecule has 0 spiro atoms. The lowest BCUT2D eigenvalue weighted by Crippen LogP contribution is -2.00. The Bertz CT molecular complexity index is 779. The van der Waals surface area contributed by atoms with E-state index in [9.17, 15) is 0 Å². The van der Waals surface area contributed by atoms with Gasteiger partial charge in [0.15, 0.2) is 0 Å². The third kappa shape index (κ3) is 7.03. The molecule has 3 aromatic rings. The fourth-order valence-electron chi connectivity index (χ4n) is 2.37. The second-order valence-electron chi connectivity index (χ2n) is 5.76. The summed E-state index contributed by atoms with van der Waals surface area (Å²) >= 11 is 1.88. The van der Waals surface area contributed by atoms with Gasteiger partial charge in [-0.2, -0.15) is 0 Å². The number of hydrogen-bond donors (Lipinski definition) is 1. The van der Waals surface area contributed by atoms with Crippen LogP contribution in [0.2, 0.25) is 0 Å². The van der Waals surface area contributed by atoms with E-state index in [4.69, 9.17) is 5.73 Å². The van der Waals surface area contributed by atoms with Crippen LogP contribution < -0.4 is 5.73 Å². The molecule has 0 aliphatic heterocycles. The van der Waals surface area contributed by atoms with Crippen LogP contribution in [0.1, 0.15) is 31.4 Å². The van der Waals surface area contributed by atoms with Gasteiger partial charge in [-0.05, 0) is 34.7 Å². The van der Waals surface area contributed by atoms with Crippen molar-refractivity contribution >= 4 is 29.3 Å². The summed E-state index contributed by atoms with van der Waals surface area (Å²) in [7, 11) is 1.64. The quantitative estimate of drug-likeness (QED) is 0.433. The Morgan fingerprint density at radius 3 is 2.08 bits per heavy atom. The van der Waals surface area contributed by atoms with Crippen LogP contribution in [0.3, 0.4) is 0 Å². The fraction of sp³-hybridized carbons (Fsp3) is 0.261. The monoisotopic (exact) mass is 366 g/mol. The number of nitrogens with two attached hydrogens (primary N) is 1. The van der Waals surface area contributed by atoms with Gasteiger partial charge >= 0.3 is 0 Å². The van der Waals surface area contributed by atoms with Gasteiger partial charge < -0.3 is 10.7 Å². The van der Waals surface area contributed by atoms with E-state index < -0.39 is 0 Å². The predicted molar refractivity (Wildman–Crippen MR) is 119 cm³/mol. The number of benzene rings is 3. The third-order valence-electron chi connectivity index (χ3n) is 3.47. The van der Waals surface area contributed by atoms with E-state index in [0.29, 0.717) is 6.54 Å². The predicted octanol–water partition coefficient (Wildman–Crippen LogP) is 6.32. The normalized spacial score (nSPS) is 9.54. The highest BCUT2D eigenvalue weighted by molar-refractivity contribution is 7.98. The van der Waals surface area contributed by atoms with Crippen LogP contribution in [0, 0.1) is 0 Å². The van der Waals surface area contributed by atoms with Gasteiger partial charge in [0.25, 0.3) is 0 Å². The highest BCUT2D eigenvalue weighted by atomic mass is 32.2. The molecule has 0 atom stereocenters. The van der Waals surface area contributed by atoms with Crippen molar-refractivity contribution in [1.82, 2.24) is 0 Å². The van der Waals surface area contributed by atoms with E-state index in [1.54, 1.807) is 7.05 Å². The molecule has 0 unspecified atom stereocenters. The van der Waals surface area contributed by atoms with E-state index in [1.807, 2.05) is 17.8 Å². The molecule has 26 heavy (non-hydrogen) atoms. The van der Waals surface area contributed by atoms with Crippen molar-refractivity contribution in [3.05, 3.63) is 77.9 Å². The maximum absolute atomic E-state index is 5.80. The Balaban J connectivity index is 0.000000499. The summed E-state index contributed by atoms with van der Waals surface area (Å²) in [6.07, 6.45) is 1.25. The Hall–Kier alpha value is -2.10. The largest absolute Gasteiger partial charge is 0.326 e. The average molecular weight is 367 g/mol. The molecule has 2 nitrogen and oxygen atoms in total. The fourth-order valence-corrected chi connectivity index (χ4v) is 3.48. The molecule has 0 saturated heterocycles. The lowest BCUT2D eigenvalue weighted by Gasteiger charge is -2.09. The van der Waals surface area contributed by atoms with Gasteiger partial charge in [-0.1, -0.05) is 80.9 Å². The average Bonchev–Trinajstić information content (AvgIpc) is 2.68. The summed E-state index contributed by atoms with van der Waals surface area (Å²) in [6, 6.07) is 23.4. The molecule has 0 amide bonds. The second-order valence-corrected chi connectivity index (χ2v) is 6.78. The molecule has 2 N–H and O–H groups in total. The highest BCUT2D eigenvalue weighted by Crippen LogP contribution is 2.30. The minimum Gasteiger partial charge on any atom is -0.326 e. The minimum atomic E-state index is 0.603. The smallest absolute Gasteiger partial charge is 0.0269 e. The lowest BCUT2D eigenvalue weighted by molar-refractivity contribution is 1.04. The molecule has 0 radical (unpaired) electrons. The van der Waals surface area contributed by atoms with Crippen molar-refractivity contribution in [2.45, 2.75) is 37.5 Å². The van der Waals surface area contributed by atoms with Crippen LogP contribution in [0.25, 0.3) is 10.8 Å². The molecule has 0 saturated carbocycles. The molecule has 0 aliphatic carbocycles. The van der Waals surface area contributed by atoms with Crippen LogP contribution in [-0.2, 0) is 12.3 Å². The molecule has 3 aromatic carbocycles. The molecule has 0 aromatic heterocycles. The van der Waals surface area contributed by atoms with Gasteiger partial charge in [-0.25, -0.2) is 0 Å². The number of hydrogen-bond acceptors (Lipinski definition) is 3. The Morgan fingerprint density at radius 2 is 1.42 bits per heavy atom. The zero-order valence-electron chi connectivity index (χ0n) is 16.1. The third-order valence-corrected chi connectivity index (χ3v) is 4.59. The van der Waals surface area contributed by atoms with Crippen LogP contribution in [-0.4, -0.2) is 13.8 Å². The van der Waals surface area contributed by atoms with E-state index in [0.717, 1.165) is 5.75 Å². The summed E-state index contributed by atoms with van der Waals surface area (Å²) in [5.74, 6) is 0.960. The first-order chi connectivity index (χ1) is 12.7. The first-order valence-electron chi connectivity index (χ1n) is 8.93. The summed E-state index contributed by atoms with van der Waals surface area (Å²) in [6.45, 7) is 7.96. The van der Waals surface area contributed by atoms with Crippen LogP contribution in [0.4, 0.5) is 0 Å². The maximum atomic E-state index is 5.80. The van der Waals surface area contributed by atoms with Crippen molar-refractivity contribution in [2.75, 3.05) is 7.05 Å². The first kappa shape index (κ1) is 21.9. The topological polar surface area (TPSA) is 38.4 Å². The minimum absolute atomic E-state index is 0.603. The van der Waals surface area contributed by atoms with Gasteiger partial charge in [0, 0.05) is 24.2 Å². The Kier molecular flexibility index (Phi) is 11.1. The SMILES string of the molecule is C=NC.CCC.NCc1ccccc1CSc1cccc2ccccc12. The molecule has 3 heteroatoms. The number of aliphatic imine (C=N–C) groups is 1. The Labute approximate surface area is 162 Å². The zero-order valence-corrected chi connectivity index (χ0v) is 16.9. The van der Waals surface area contributed by atoms with Crippen LogP contribution >= 0.6 is 11.8 Å². The number of thioether (sulfide) groups is 1. The number of rotatable bonds is 4. The van der Waals surface area contributed by atoms with Crippen molar-refractivity contribution < 1.29 is 0 Å². The first-order valence-corrected chi connectivity index (χ1v) is 9.92. The summed E-state index contributed by atoms with van der Waals surface area (Å²) < 4.78 is 0. The number of fused-ring (bicyclic) bond motifs is 1. The van der Waals surface area contributed by atoms with Gasteiger partial charge in [0.1, 0.15) is 0 Å². The van der Waals surface area contributed by atoms with Crippen molar-refractivity contribution in [2.24, 2.45) is 10.7 Å². The molecule has 0 heterocycles. The van der Waals surface area contributed by atoms with E-state index in [1.165, 1.54) is 33.2 Å². The molecule has 3 rings (SSSR count). The lowest BCUT2D eigenvalue weighted by atomic mass is 10.1. The molecule has 0 aliphatic rings. The molecule has 0 bridgehead atoms. The zero-order chi connectivity index (χ0) is 19.2. The summed E-state index contributed by atoms with van der Waals surface area (Å²) in [5, 5.41) is 2.62. The highest BCUT2D eigenvalue weighted by Gasteiger charge is 2.04. The molecule has 138 valence electrons. The van der Waals surface area contributed by atoms with E-state index in [-0.39, 0.29) is 0 Å². The van der Waals surface area contributed by atoms with Gasteiger partial charge in [0.05, 0.1) is 0 Å². The maximum Gasteiger partial charge on any atom is 0.0269 e. The van der Waals surface area contributed by atoms with Gasteiger partial charge in [-0.15, -0.1) is 11.8 Å². The second kappa shape index (κ2) is 13.2. The molecular formula is C23H30N2S. The van der Waals surface area contributed by atoms with E-state index >= 15 is 0 Å². The molecular weight excluding hydrogens is 336 g/mol. The van der Waals surface area contributed by atoms with Crippen molar-refractivity contribution in [3.8, 4) is 0 Å². The van der Waals surface area contributed by atoms with Crippen molar-refractivity contribution in [3.63, 3.8) is 0 Å². The number of nitrogens with zero attached hydrogens (tertiary/aromatic N) is 1. The standard InChI is InChI=1S/C18H17NS.C3H8.C2H5N/c19-12-15-7-1-2-8-16(15)13-20-18-11-5-9-14-6-3-4-10-17(14)18;2*1-3-2/h1-11H,12-13,19H2;3H2,1-2H3;1H2,2H3. The Morgan fingerprint density at radius 1 is 0.885 bits per heavy atom. The summed E-state index contributed by atoms with van der Waals surface area (Å²) in [5.41, 5.74) is 8.36. The van der Waals surface area contributed by atoms with Crippen molar-refractivity contribution in [1.29, 1.82) is 0 Å². The van der Waals surface area contributed by atoms with Gasteiger partial charge in [-0.3, -0.25) is 0 Å². The van der Waals surface area contributed by atoms with Crippen LogP contribution in [0.5, 0.6) is 0 Å².